The van der Waals surface area contributed by atoms with E-state index in [0.29, 0.717) is 5.56 Å². The van der Waals surface area contributed by atoms with E-state index in [2.05, 4.69) is 9.38 Å². The number of hydrogen-bond donors (Lipinski definition) is 1. The monoisotopic (exact) mass is 266 g/mol. The van der Waals surface area contributed by atoms with Crippen LogP contribution in [0.25, 0.3) is 16.8 Å². The predicted molar refractivity (Wildman–Crippen MR) is 77.1 cm³/mol. The van der Waals surface area contributed by atoms with Gasteiger partial charge in [0.1, 0.15) is 5.65 Å². The molecule has 0 aliphatic heterocycles. The number of aromatic carboxylic acids is 1. The maximum Gasteiger partial charge on any atom is 0.335 e. The summed E-state index contributed by atoms with van der Waals surface area (Å²) >= 11 is 0. The van der Waals surface area contributed by atoms with Gasteiger partial charge in [0.25, 0.3) is 0 Å². The second-order valence-electron chi connectivity index (χ2n) is 4.81. The molecule has 3 rings (SSSR count). The predicted octanol–water partition coefficient (Wildman–Crippen LogP) is 3.32. The van der Waals surface area contributed by atoms with Gasteiger partial charge in [0.2, 0.25) is 0 Å². The van der Waals surface area contributed by atoms with Crippen molar-refractivity contribution in [3.63, 3.8) is 0 Å². The minimum atomic E-state index is -0.909. The third-order valence-corrected chi connectivity index (χ3v) is 3.56. The standard InChI is InChI=1S/C16H14N2O2/c1-10-11(2)18-9-14(7-8-15(18)17-10)12-3-5-13(6-4-12)16(19)20/h3-9H,1-2H3,(H,19,20). The molecular weight excluding hydrogens is 252 g/mol. The zero-order chi connectivity index (χ0) is 14.3. The highest BCUT2D eigenvalue weighted by Gasteiger charge is 2.07. The van der Waals surface area contributed by atoms with E-state index in [4.69, 9.17) is 5.11 Å². The number of hydrogen-bond acceptors (Lipinski definition) is 2. The first-order valence-corrected chi connectivity index (χ1v) is 6.35. The largest absolute Gasteiger partial charge is 0.478 e. The number of nitrogens with zero attached hydrogens (tertiary/aromatic N) is 2. The van der Waals surface area contributed by atoms with E-state index in [1.807, 2.05) is 44.3 Å². The van der Waals surface area contributed by atoms with Crippen LogP contribution in [0.1, 0.15) is 21.7 Å². The Morgan fingerprint density at radius 2 is 1.70 bits per heavy atom. The quantitative estimate of drug-likeness (QED) is 0.774. The highest BCUT2D eigenvalue weighted by atomic mass is 16.4. The number of carboxylic acids is 1. The Labute approximate surface area is 116 Å². The number of fused-ring (bicyclic) bond motifs is 1. The molecular formula is C16H14N2O2. The normalized spacial score (nSPS) is 10.9. The van der Waals surface area contributed by atoms with Crippen molar-refractivity contribution in [2.45, 2.75) is 13.8 Å². The summed E-state index contributed by atoms with van der Waals surface area (Å²) < 4.78 is 2.05. The van der Waals surface area contributed by atoms with Crippen LogP contribution in [0, 0.1) is 13.8 Å². The van der Waals surface area contributed by atoms with Gasteiger partial charge in [0.05, 0.1) is 11.3 Å². The zero-order valence-electron chi connectivity index (χ0n) is 11.3. The van der Waals surface area contributed by atoms with Crippen molar-refractivity contribution in [1.29, 1.82) is 0 Å². The number of benzene rings is 1. The fourth-order valence-corrected chi connectivity index (χ4v) is 2.26. The molecule has 0 aliphatic carbocycles. The van der Waals surface area contributed by atoms with Crippen molar-refractivity contribution in [3.05, 3.63) is 59.5 Å². The average Bonchev–Trinajstić information content (AvgIpc) is 2.74. The number of carboxylic acid groups (broad SMARTS) is 1. The summed E-state index contributed by atoms with van der Waals surface area (Å²) in [6.45, 7) is 4.02. The van der Waals surface area contributed by atoms with Crippen molar-refractivity contribution in [3.8, 4) is 11.1 Å². The molecule has 100 valence electrons. The Kier molecular flexibility index (Phi) is 2.79. The number of aromatic nitrogens is 2. The third kappa shape index (κ3) is 1.95. The molecule has 0 fully saturated rings. The third-order valence-electron chi connectivity index (χ3n) is 3.56. The van der Waals surface area contributed by atoms with Crippen molar-refractivity contribution in [2.75, 3.05) is 0 Å². The maximum absolute atomic E-state index is 10.9. The number of aryl methyl sites for hydroxylation is 2. The van der Waals surface area contributed by atoms with Crippen LogP contribution in [0.5, 0.6) is 0 Å². The summed E-state index contributed by atoms with van der Waals surface area (Å²) in [5, 5.41) is 8.91. The molecule has 0 aliphatic rings. The van der Waals surface area contributed by atoms with Crippen LogP contribution >= 0.6 is 0 Å². The molecule has 0 bridgehead atoms. The fraction of sp³-hybridized carbons (Fsp3) is 0.125. The molecule has 0 atom stereocenters. The lowest BCUT2D eigenvalue weighted by Gasteiger charge is -2.04. The summed E-state index contributed by atoms with van der Waals surface area (Å²) in [4.78, 5) is 15.3. The smallest absolute Gasteiger partial charge is 0.335 e. The van der Waals surface area contributed by atoms with Crippen molar-refractivity contribution in [1.82, 2.24) is 9.38 Å². The SMILES string of the molecule is Cc1nc2ccc(-c3ccc(C(=O)O)cc3)cn2c1C. The Bertz CT molecular complexity index is 801. The van der Waals surface area contributed by atoms with E-state index in [1.54, 1.807) is 12.1 Å². The molecule has 1 aromatic carbocycles. The first kappa shape index (κ1) is 12.4. The maximum atomic E-state index is 10.9. The van der Waals surface area contributed by atoms with Gasteiger partial charge in [-0.1, -0.05) is 12.1 Å². The molecule has 20 heavy (non-hydrogen) atoms. The lowest BCUT2D eigenvalue weighted by molar-refractivity contribution is 0.0697. The highest BCUT2D eigenvalue weighted by molar-refractivity contribution is 5.88. The van der Waals surface area contributed by atoms with Crippen LogP contribution in [0.2, 0.25) is 0 Å². The van der Waals surface area contributed by atoms with Gasteiger partial charge in [0, 0.05) is 11.9 Å². The van der Waals surface area contributed by atoms with Gasteiger partial charge in [-0.3, -0.25) is 0 Å². The summed E-state index contributed by atoms with van der Waals surface area (Å²) in [7, 11) is 0. The second kappa shape index (κ2) is 4.49. The van der Waals surface area contributed by atoms with E-state index in [-0.39, 0.29) is 0 Å². The van der Waals surface area contributed by atoms with Crippen molar-refractivity contribution in [2.24, 2.45) is 0 Å². The van der Waals surface area contributed by atoms with Crippen LogP contribution in [0.4, 0.5) is 0 Å². The number of pyridine rings is 1. The van der Waals surface area contributed by atoms with Crippen LogP contribution in [-0.2, 0) is 0 Å². The molecule has 4 nitrogen and oxygen atoms in total. The summed E-state index contributed by atoms with van der Waals surface area (Å²) in [5.74, 6) is -0.909. The summed E-state index contributed by atoms with van der Waals surface area (Å²) in [5.41, 5.74) is 5.38. The fourth-order valence-electron chi connectivity index (χ4n) is 2.26. The van der Waals surface area contributed by atoms with Gasteiger partial charge in [-0.2, -0.15) is 0 Å². The lowest BCUT2D eigenvalue weighted by atomic mass is 10.1. The summed E-state index contributed by atoms with van der Waals surface area (Å²) in [6.07, 6.45) is 2.03. The average molecular weight is 266 g/mol. The lowest BCUT2D eigenvalue weighted by Crippen LogP contribution is -1.95. The molecule has 0 radical (unpaired) electrons. The van der Waals surface area contributed by atoms with Crippen molar-refractivity contribution < 1.29 is 9.90 Å². The minimum Gasteiger partial charge on any atom is -0.478 e. The summed E-state index contributed by atoms with van der Waals surface area (Å²) in [6, 6.07) is 10.9. The van der Waals surface area contributed by atoms with E-state index >= 15 is 0 Å². The van der Waals surface area contributed by atoms with E-state index in [9.17, 15) is 4.79 Å². The molecule has 2 heterocycles. The second-order valence-corrected chi connectivity index (χ2v) is 4.81. The number of rotatable bonds is 2. The molecule has 3 aromatic rings. The van der Waals surface area contributed by atoms with Gasteiger partial charge >= 0.3 is 5.97 Å². The topological polar surface area (TPSA) is 54.6 Å². The molecule has 0 saturated carbocycles. The Morgan fingerprint density at radius 1 is 1.05 bits per heavy atom. The van der Waals surface area contributed by atoms with Crippen LogP contribution in [-0.4, -0.2) is 20.5 Å². The van der Waals surface area contributed by atoms with Crippen LogP contribution in [0.3, 0.4) is 0 Å². The van der Waals surface area contributed by atoms with E-state index in [1.165, 1.54) is 0 Å². The van der Waals surface area contributed by atoms with Gasteiger partial charge < -0.3 is 9.51 Å². The molecule has 4 heteroatoms. The Morgan fingerprint density at radius 3 is 2.35 bits per heavy atom. The molecule has 1 N–H and O–H groups in total. The molecule has 0 spiro atoms. The van der Waals surface area contributed by atoms with Gasteiger partial charge in [-0.25, -0.2) is 9.78 Å². The molecule has 2 aromatic heterocycles. The number of imidazole rings is 1. The van der Waals surface area contributed by atoms with E-state index < -0.39 is 5.97 Å². The van der Waals surface area contributed by atoms with Gasteiger partial charge in [0.15, 0.2) is 0 Å². The first-order chi connectivity index (χ1) is 9.56. The molecule has 0 amide bonds. The molecule has 0 saturated heterocycles. The van der Waals surface area contributed by atoms with Crippen molar-refractivity contribution >= 4 is 11.6 Å². The minimum absolute atomic E-state index is 0.296. The van der Waals surface area contributed by atoms with E-state index in [0.717, 1.165) is 28.2 Å². The Balaban J connectivity index is 2.09. The van der Waals surface area contributed by atoms with Crippen LogP contribution < -0.4 is 0 Å². The Hall–Kier alpha value is -2.62. The highest BCUT2D eigenvalue weighted by Crippen LogP contribution is 2.22. The van der Waals surface area contributed by atoms with Gasteiger partial charge in [-0.15, -0.1) is 0 Å². The van der Waals surface area contributed by atoms with Crippen LogP contribution in [0.15, 0.2) is 42.6 Å². The zero-order valence-corrected chi connectivity index (χ0v) is 11.3. The van der Waals surface area contributed by atoms with Gasteiger partial charge in [-0.05, 0) is 49.2 Å². The number of carbonyl (C=O) groups is 1. The molecule has 0 unspecified atom stereocenters. The first-order valence-electron chi connectivity index (χ1n) is 6.35.